The number of urea groups is 1. The average molecular weight is 259 g/mol. The number of hydrogen-bond acceptors (Lipinski definition) is 3. The molecule has 0 spiro atoms. The standard InChI is InChI=1S/C12H25N3O3/c1-8(2)10(11(16)17)14-12(18)13-6-7-15(5)9(3)4/h8-10H,6-7H2,1-5H3,(H,16,17)(H2,13,14,18)/t10-/m0/s1. The molecule has 6 nitrogen and oxygen atoms in total. The molecule has 2 amide bonds. The minimum absolute atomic E-state index is 0.147. The van der Waals surface area contributed by atoms with Gasteiger partial charge in [0.2, 0.25) is 0 Å². The van der Waals surface area contributed by atoms with Crippen molar-refractivity contribution in [2.75, 3.05) is 20.1 Å². The number of rotatable bonds is 7. The van der Waals surface area contributed by atoms with Crippen LogP contribution in [0.25, 0.3) is 0 Å². The second-order valence-electron chi connectivity index (χ2n) is 5.03. The summed E-state index contributed by atoms with van der Waals surface area (Å²) in [6.07, 6.45) is 0. The van der Waals surface area contributed by atoms with Crippen LogP contribution >= 0.6 is 0 Å². The van der Waals surface area contributed by atoms with Crippen molar-refractivity contribution in [1.82, 2.24) is 15.5 Å². The Morgan fingerprint density at radius 3 is 2.17 bits per heavy atom. The molecule has 0 bridgehead atoms. The number of nitrogens with one attached hydrogen (secondary N) is 2. The summed E-state index contributed by atoms with van der Waals surface area (Å²) in [5.41, 5.74) is 0. The summed E-state index contributed by atoms with van der Waals surface area (Å²) >= 11 is 0. The molecule has 0 aliphatic heterocycles. The van der Waals surface area contributed by atoms with Gasteiger partial charge in [0.1, 0.15) is 6.04 Å². The molecule has 18 heavy (non-hydrogen) atoms. The van der Waals surface area contributed by atoms with E-state index in [1.165, 1.54) is 0 Å². The number of amides is 2. The number of carboxylic acids is 1. The molecule has 0 unspecified atom stereocenters. The second kappa shape index (κ2) is 7.92. The van der Waals surface area contributed by atoms with Gasteiger partial charge < -0.3 is 20.6 Å². The smallest absolute Gasteiger partial charge is 0.326 e. The fourth-order valence-electron chi connectivity index (χ4n) is 1.31. The van der Waals surface area contributed by atoms with E-state index in [2.05, 4.69) is 29.4 Å². The van der Waals surface area contributed by atoms with Crippen molar-refractivity contribution in [2.24, 2.45) is 5.92 Å². The van der Waals surface area contributed by atoms with Crippen molar-refractivity contribution >= 4 is 12.0 Å². The highest BCUT2D eigenvalue weighted by atomic mass is 16.4. The van der Waals surface area contributed by atoms with E-state index in [1.54, 1.807) is 13.8 Å². The number of carbonyl (C=O) groups excluding carboxylic acids is 1. The molecule has 3 N–H and O–H groups in total. The lowest BCUT2D eigenvalue weighted by atomic mass is 10.1. The first kappa shape index (κ1) is 16.7. The van der Waals surface area contributed by atoms with Crippen LogP contribution in [0.3, 0.4) is 0 Å². The highest BCUT2D eigenvalue weighted by Crippen LogP contribution is 2.01. The molecule has 106 valence electrons. The lowest BCUT2D eigenvalue weighted by molar-refractivity contribution is -0.140. The quantitative estimate of drug-likeness (QED) is 0.629. The summed E-state index contributed by atoms with van der Waals surface area (Å²) in [4.78, 5) is 24.5. The number of nitrogens with zero attached hydrogens (tertiary/aromatic N) is 1. The molecule has 0 aromatic rings. The van der Waals surface area contributed by atoms with Crippen molar-refractivity contribution < 1.29 is 14.7 Å². The van der Waals surface area contributed by atoms with Crippen molar-refractivity contribution in [3.8, 4) is 0 Å². The fourth-order valence-corrected chi connectivity index (χ4v) is 1.31. The van der Waals surface area contributed by atoms with Crippen LogP contribution < -0.4 is 10.6 Å². The zero-order chi connectivity index (χ0) is 14.3. The topological polar surface area (TPSA) is 81.7 Å². The maximum atomic E-state index is 11.5. The van der Waals surface area contributed by atoms with Crippen LogP contribution in [0, 0.1) is 5.92 Å². The fraction of sp³-hybridized carbons (Fsp3) is 0.833. The van der Waals surface area contributed by atoms with Gasteiger partial charge in [-0.1, -0.05) is 13.8 Å². The van der Waals surface area contributed by atoms with Gasteiger partial charge in [0, 0.05) is 19.1 Å². The molecule has 0 saturated heterocycles. The number of carbonyl (C=O) groups is 2. The first-order valence-corrected chi connectivity index (χ1v) is 6.23. The van der Waals surface area contributed by atoms with Crippen LogP contribution in [0.4, 0.5) is 4.79 Å². The summed E-state index contributed by atoms with van der Waals surface area (Å²) in [6.45, 7) is 8.87. The monoisotopic (exact) mass is 259 g/mol. The van der Waals surface area contributed by atoms with Gasteiger partial charge in [0.15, 0.2) is 0 Å². The van der Waals surface area contributed by atoms with Crippen LogP contribution in [0.2, 0.25) is 0 Å². The molecule has 0 rings (SSSR count). The Morgan fingerprint density at radius 2 is 1.78 bits per heavy atom. The third kappa shape index (κ3) is 6.44. The minimum Gasteiger partial charge on any atom is -0.480 e. The Hall–Kier alpha value is -1.30. The molecule has 0 aliphatic carbocycles. The van der Waals surface area contributed by atoms with Crippen molar-refractivity contribution in [3.63, 3.8) is 0 Å². The van der Waals surface area contributed by atoms with Crippen LogP contribution in [0.1, 0.15) is 27.7 Å². The maximum Gasteiger partial charge on any atom is 0.326 e. The Kier molecular flexibility index (Phi) is 7.35. The maximum absolute atomic E-state index is 11.5. The normalized spacial score (nSPS) is 12.9. The summed E-state index contributed by atoms with van der Waals surface area (Å²) in [5, 5.41) is 14.0. The zero-order valence-corrected chi connectivity index (χ0v) is 11.9. The number of carboxylic acid groups (broad SMARTS) is 1. The van der Waals surface area contributed by atoms with Crippen LogP contribution in [-0.4, -0.2) is 54.2 Å². The van der Waals surface area contributed by atoms with E-state index in [-0.39, 0.29) is 5.92 Å². The number of likely N-dealkylation sites (N-methyl/N-ethyl adjacent to an activating group) is 1. The Balaban J connectivity index is 4.00. The minimum atomic E-state index is -1.01. The Morgan fingerprint density at radius 1 is 1.22 bits per heavy atom. The van der Waals surface area contributed by atoms with Gasteiger partial charge in [-0.25, -0.2) is 9.59 Å². The van der Waals surface area contributed by atoms with E-state index in [4.69, 9.17) is 5.11 Å². The number of aliphatic carboxylic acids is 1. The van der Waals surface area contributed by atoms with Crippen LogP contribution in [0.15, 0.2) is 0 Å². The first-order chi connectivity index (χ1) is 8.25. The molecule has 0 aromatic heterocycles. The highest BCUT2D eigenvalue weighted by molar-refractivity contribution is 5.82. The van der Waals surface area contributed by atoms with E-state index >= 15 is 0 Å². The van der Waals surface area contributed by atoms with E-state index in [0.717, 1.165) is 6.54 Å². The molecule has 0 heterocycles. The summed E-state index contributed by atoms with van der Waals surface area (Å²) in [7, 11) is 1.97. The third-order valence-corrected chi connectivity index (χ3v) is 2.85. The molecule has 0 fully saturated rings. The van der Waals surface area contributed by atoms with Gasteiger partial charge >= 0.3 is 12.0 Å². The van der Waals surface area contributed by atoms with Crippen LogP contribution in [-0.2, 0) is 4.79 Å². The first-order valence-electron chi connectivity index (χ1n) is 6.23. The average Bonchev–Trinajstić information content (AvgIpc) is 2.24. The third-order valence-electron chi connectivity index (χ3n) is 2.85. The summed E-state index contributed by atoms with van der Waals surface area (Å²) < 4.78 is 0. The highest BCUT2D eigenvalue weighted by Gasteiger charge is 2.23. The van der Waals surface area contributed by atoms with Gasteiger partial charge in [0.25, 0.3) is 0 Å². The molecule has 0 saturated carbocycles. The molecular weight excluding hydrogens is 234 g/mol. The summed E-state index contributed by atoms with van der Waals surface area (Å²) in [5.74, 6) is -1.16. The van der Waals surface area contributed by atoms with Gasteiger partial charge in [-0.05, 0) is 26.8 Å². The van der Waals surface area contributed by atoms with Crippen molar-refractivity contribution in [1.29, 1.82) is 0 Å². The van der Waals surface area contributed by atoms with Crippen molar-refractivity contribution in [2.45, 2.75) is 39.8 Å². The van der Waals surface area contributed by atoms with E-state index in [1.807, 2.05) is 7.05 Å². The Bertz CT molecular complexity index is 280. The molecular formula is C12H25N3O3. The second-order valence-corrected chi connectivity index (χ2v) is 5.03. The van der Waals surface area contributed by atoms with Gasteiger partial charge in [0.05, 0.1) is 0 Å². The molecule has 0 radical (unpaired) electrons. The van der Waals surface area contributed by atoms with Gasteiger partial charge in [-0.2, -0.15) is 0 Å². The molecule has 0 aromatic carbocycles. The van der Waals surface area contributed by atoms with Gasteiger partial charge in [-0.15, -0.1) is 0 Å². The van der Waals surface area contributed by atoms with E-state index in [0.29, 0.717) is 12.6 Å². The van der Waals surface area contributed by atoms with Crippen molar-refractivity contribution in [3.05, 3.63) is 0 Å². The van der Waals surface area contributed by atoms with Crippen LogP contribution in [0.5, 0.6) is 0 Å². The largest absolute Gasteiger partial charge is 0.480 e. The lowest BCUT2D eigenvalue weighted by Crippen LogP contribution is -2.49. The Labute approximate surface area is 109 Å². The SMILES string of the molecule is CC(C)[C@H](NC(=O)NCCN(C)C(C)C)C(=O)O. The number of hydrogen-bond donors (Lipinski definition) is 3. The predicted molar refractivity (Wildman–Crippen MR) is 70.6 cm³/mol. The van der Waals surface area contributed by atoms with Gasteiger partial charge in [-0.3, -0.25) is 0 Å². The zero-order valence-electron chi connectivity index (χ0n) is 11.9. The van der Waals surface area contributed by atoms with E-state index < -0.39 is 18.0 Å². The summed E-state index contributed by atoms with van der Waals surface area (Å²) in [6, 6.07) is -0.877. The van der Waals surface area contributed by atoms with E-state index in [9.17, 15) is 9.59 Å². The molecule has 1 atom stereocenters. The molecule has 6 heteroatoms. The molecule has 0 aliphatic rings. The lowest BCUT2D eigenvalue weighted by Gasteiger charge is -2.22. The predicted octanol–water partition coefficient (Wildman–Crippen LogP) is 0.735.